The minimum absolute atomic E-state index is 0.112. The molecule has 2 heterocycles. The normalized spacial score (nSPS) is 15.0. The standard InChI is InChI=1S/C20H20BrN3O2/c1-13-14(12-23-9-2-3-10-23)7-8-17-18(13)19(20(25)26)22-24(17)16-6-4-5-15(21)11-16/h4-8,11H,2-3,9-10,12H2,1H3,(H,25,26). The largest absolute Gasteiger partial charge is 0.476 e. The first-order valence-electron chi connectivity index (χ1n) is 8.77. The Hall–Kier alpha value is -2.18. The van der Waals surface area contributed by atoms with Crippen LogP contribution in [0.1, 0.15) is 34.5 Å². The molecule has 4 rings (SSSR count). The van der Waals surface area contributed by atoms with E-state index in [1.165, 1.54) is 18.4 Å². The van der Waals surface area contributed by atoms with E-state index in [0.717, 1.165) is 46.3 Å². The number of carboxylic acid groups (broad SMARTS) is 1. The molecule has 5 nitrogen and oxygen atoms in total. The van der Waals surface area contributed by atoms with Gasteiger partial charge >= 0.3 is 5.97 Å². The Kier molecular flexibility index (Phi) is 4.54. The number of hydrogen-bond acceptors (Lipinski definition) is 3. The van der Waals surface area contributed by atoms with Crippen LogP contribution in [-0.4, -0.2) is 38.8 Å². The summed E-state index contributed by atoms with van der Waals surface area (Å²) >= 11 is 3.47. The van der Waals surface area contributed by atoms with Gasteiger partial charge in [-0.3, -0.25) is 4.90 Å². The lowest BCUT2D eigenvalue weighted by atomic mass is 10.0. The van der Waals surface area contributed by atoms with Gasteiger partial charge in [0.25, 0.3) is 0 Å². The van der Waals surface area contributed by atoms with Crippen molar-refractivity contribution in [3.8, 4) is 5.69 Å². The van der Waals surface area contributed by atoms with Crippen LogP contribution >= 0.6 is 15.9 Å². The smallest absolute Gasteiger partial charge is 0.357 e. The van der Waals surface area contributed by atoms with Crippen LogP contribution in [0.25, 0.3) is 16.6 Å². The fourth-order valence-electron chi connectivity index (χ4n) is 3.73. The second-order valence-electron chi connectivity index (χ2n) is 6.77. The first-order chi connectivity index (χ1) is 12.5. The number of nitrogens with zero attached hydrogens (tertiary/aromatic N) is 3. The second kappa shape index (κ2) is 6.85. The molecule has 0 unspecified atom stereocenters. The SMILES string of the molecule is Cc1c(CN2CCCC2)ccc2c1c(C(=O)O)nn2-c1cccc(Br)c1. The average Bonchev–Trinajstić information content (AvgIpc) is 3.25. The minimum Gasteiger partial charge on any atom is -0.476 e. The molecule has 0 spiro atoms. The lowest BCUT2D eigenvalue weighted by molar-refractivity contribution is 0.0692. The fraction of sp³-hybridized carbons (Fsp3) is 0.300. The Balaban J connectivity index is 1.88. The maximum Gasteiger partial charge on any atom is 0.357 e. The number of halogens is 1. The highest BCUT2D eigenvalue weighted by atomic mass is 79.9. The molecule has 0 saturated carbocycles. The zero-order chi connectivity index (χ0) is 18.3. The van der Waals surface area contributed by atoms with Crippen LogP contribution < -0.4 is 0 Å². The summed E-state index contributed by atoms with van der Waals surface area (Å²) in [7, 11) is 0. The summed E-state index contributed by atoms with van der Waals surface area (Å²) in [5.41, 5.74) is 3.95. The van der Waals surface area contributed by atoms with Crippen molar-refractivity contribution in [2.75, 3.05) is 13.1 Å². The monoisotopic (exact) mass is 413 g/mol. The number of likely N-dealkylation sites (tertiary alicyclic amines) is 1. The Morgan fingerprint density at radius 2 is 2.00 bits per heavy atom. The lowest BCUT2D eigenvalue weighted by Gasteiger charge is -2.17. The van der Waals surface area contributed by atoms with Crippen LogP contribution in [0.4, 0.5) is 0 Å². The first kappa shape index (κ1) is 17.2. The number of rotatable bonds is 4. The molecule has 0 bridgehead atoms. The number of aromatic carboxylic acids is 1. The van der Waals surface area contributed by atoms with Crippen molar-refractivity contribution in [3.63, 3.8) is 0 Å². The molecule has 0 radical (unpaired) electrons. The van der Waals surface area contributed by atoms with E-state index in [2.05, 4.69) is 32.0 Å². The number of fused-ring (bicyclic) bond motifs is 1. The number of benzene rings is 2. The quantitative estimate of drug-likeness (QED) is 0.688. The van der Waals surface area contributed by atoms with Crippen molar-refractivity contribution in [3.05, 3.63) is 57.7 Å². The van der Waals surface area contributed by atoms with E-state index in [0.29, 0.717) is 0 Å². The second-order valence-corrected chi connectivity index (χ2v) is 7.69. The molecule has 3 aromatic rings. The summed E-state index contributed by atoms with van der Waals surface area (Å²) < 4.78 is 2.65. The molecule has 1 saturated heterocycles. The molecule has 1 N–H and O–H groups in total. The van der Waals surface area contributed by atoms with Crippen LogP contribution in [0.3, 0.4) is 0 Å². The van der Waals surface area contributed by atoms with Gasteiger partial charge in [0.1, 0.15) is 0 Å². The molecule has 1 aromatic heterocycles. The zero-order valence-corrected chi connectivity index (χ0v) is 16.2. The highest BCUT2D eigenvalue weighted by Crippen LogP contribution is 2.29. The maximum atomic E-state index is 11.8. The first-order valence-corrected chi connectivity index (χ1v) is 9.56. The molecule has 6 heteroatoms. The predicted molar refractivity (Wildman–Crippen MR) is 105 cm³/mol. The summed E-state index contributed by atoms with van der Waals surface area (Å²) in [6.07, 6.45) is 2.48. The van der Waals surface area contributed by atoms with Gasteiger partial charge in [0.05, 0.1) is 11.2 Å². The third kappa shape index (κ3) is 3.04. The Labute approximate surface area is 160 Å². The molecular weight excluding hydrogens is 394 g/mol. The fourth-order valence-corrected chi connectivity index (χ4v) is 4.11. The van der Waals surface area contributed by atoms with Crippen LogP contribution in [0.15, 0.2) is 40.9 Å². The van der Waals surface area contributed by atoms with Gasteiger partial charge < -0.3 is 5.11 Å². The Morgan fingerprint density at radius 1 is 1.23 bits per heavy atom. The highest BCUT2D eigenvalue weighted by Gasteiger charge is 2.22. The van der Waals surface area contributed by atoms with Gasteiger partial charge in [-0.15, -0.1) is 0 Å². The zero-order valence-electron chi connectivity index (χ0n) is 14.6. The van der Waals surface area contributed by atoms with E-state index in [1.54, 1.807) is 4.68 Å². The third-order valence-corrected chi connectivity index (χ3v) is 5.56. The van der Waals surface area contributed by atoms with Gasteiger partial charge in [-0.25, -0.2) is 9.48 Å². The number of carboxylic acids is 1. The summed E-state index contributed by atoms with van der Waals surface area (Å²) in [4.78, 5) is 14.3. The van der Waals surface area contributed by atoms with Crippen molar-refractivity contribution in [2.45, 2.75) is 26.3 Å². The van der Waals surface area contributed by atoms with Crippen LogP contribution in [0, 0.1) is 6.92 Å². The topological polar surface area (TPSA) is 58.4 Å². The summed E-state index contributed by atoms with van der Waals surface area (Å²) in [5, 5.41) is 14.8. The number of hydrogen-bond donors (Lipinski definition) is 1. The molecule has 0 amide bonds. The number of aryl methyl sites for hydroxylation is 1. The van der Waals surface area contributed by atoms with E-state index in [-0.39, 0.29) is 5.69 Å². The van der Waals surface area contributed by atoms with Gasteiger partial charge in [0.2, 0.25) is 0 Å². The molecular formula is C20H20BrN3O2. The van der Waals surface area contributed by atoms with Crippen LogP contribution in [0.5, 0.6) is 0 Å². The van der Waals surface area contributed by atoms with Crippen LogP contribution in [-0.2, 0) is 6.54 Å². The number of carbonyl (C=O) groups is 1. The summed E-state index contributed by atoms with van der Waals surface area (Å²) in [5.74, 6) is -0.995. The van der Waals surface area contributed by atoms with E-state index < -0.39 is 5.97 Å². The predicted octanol–water partition coefficient (Wildman–Crippen LogP) is 4.39. The van der Waals surface area contributed by atoms with Crippen molar-refractivity contribution < 1.29 is 9.90 Å². The van der Waals surface area contributed by atoms with E-state index >= 15 is 0 Å². The lowest BCUT2D eigenvalue weighted by Crippen LogP contribution is -2.19. The van der Waals surface area contributed by atoms with Crippen molar-refractivity contribution in [2.24, 2.45) is 0 Å². The molecule has 0 atom stereocenters. The van der Waals surface area contributed by atoms with Gasteiger partial charge in [-0.05, 0) is 68.2 Å². The average molecular weight is 414 g/mol. The molecule has 0 aliphatic carbocycles. The Morgan fingerprint density at radius 3 is 2.69 bits per heavy atom. The van der Waals surface area contributed by atoms with E-state index in [4.69, 9.17) is 0 Å². The molecule has 26 heavy (non-hydrogen) atoms. The third-order valence-electron chi connectivity index (χ3n) is 5.07. The minimum atomic E-state index is -0.995. The van der Waals surface area contributed by atoms with Gasteiger partial charge in [-0.1, -0.05) is 28.1 Å². The maximum absolute atomic E-state index is 11.8. The van der Waals surface area contributed by atoms with Gasteiger partial charge in [0, 0.05) is 16.4 Å². The van der Waals surface area contributed by atoms with Gasteiger partial charge in [-0.2, -0.15) is 5.10 Å². The van der Waals surface area contributed by atoms with Crippen molar-refractivity contribution in [1.82, 2.24) is 14.7 Å². The highest BCUT2D eigenvalue weighted by molar-refractivity contribution is 9.10. The molecule has 1 fully saturated rings. The molecule has 1 aliphatic rings. The van der Waals surface area contributed by atoms with Gasteiger partial charge in [0.15, 0.2) is 5.69 Å². The Bertz CT molecular complexity index is 990. The molecule has 2 aromatic carbocycles. The van der Waals surface area contributed by atoms with Crippen LogP contribution in [0.2, 0.25) is 0 Å². The summed E-state index contributed by atoms with van der Waals surface area (Å²) in [6, 6.07) is 11.8. The van der Waals surface area contributed by atoms with Crippen molar-refractivity contribution >= 4 is 32.8 Å². The van der Waals surface area contributed by atoms with E-state index in [9.17, 15) is 9.90 Å². The van der Waals surface area contributed by atoms with E-state index in [1.807, 2.05) is 37.3 Å². The summed E-state index contributed by atoms with van der Waals surface area (Å²) in [6.45, 7) is 5.09. The number of aromatic nitrogens is 2. The molecule has 134 valence electrons. The molecule has 1 aliphatic heterocycles. The van der Waals surface area contributed by atoms with Crippen molar-refractivity contribution in [1.29, 1.82) is 0 Å².